The number of halogens is 2. The molecule has 1 aromatic heterocycles. The number of thioether (sulfide) groups is 3. The van der Waals surface area contributed by atoms with Gasteiger partial charge in [-0.05, 0) is 30.2 Å². The van der Waals surface area contributed by atoms with Crippen LogP contribution >= 0.6 is 58.5 Å². The third kappa shape index (κ3) is 7.43. The van der Waals surface area contributed by atoms with Crippen LogP contribution in [0.15, 0.2) is 63.8 Å². The summed E-state index contributed by atoms with van der Waals surface area (Å²) in [6.07, 6.45) is 4.12. The van der Waals surface area contributed by atoms with Gasteiger partial charge in [0, 0.05) is 50.8 Å². The third-order valence-corrected chi connectivity index (χ3v) is 10.1. The van der Waals surface area contributed by atoms with Crippen molar-refractivity contribution in [2.45, 2.75) is 40.6 Å². The van der Waals surface area contributed by atoms with E-state index < -0.39 is 29.3 Å². The molecule has 0 unspecified atom stereocenters. The summed E-state index contributed by atoms with van der Waals surface area (Å²) < 4.78 is 1.87. The molecule has 3 heterocycles. The molecule has 0 bridgehead atoms. The van der Waals surface area contributed by atoms with Gasteiger partial charge in [-0.25, -0.2) is 9.36 Å². The number of aliphatic carboxylic acids is 2. The molecule has 2 aliphatic rings. The number of rotatable bonds is 12. The number of nitrogens with one attached hydrogen (secondary N) is 1. The lowest BCUT2D eigenvalue weighted by Crippen LogP contribution is -2.70. The van der Waals surface area contributed by atoms with Crippen molar-refractivity contribution in [2.24, 2.45) is 0 Å². The molecule has 9 nitrogen and oxygen atoms in total. The van der Waals surface area contributed by atoms with Gasteiger partial charge in [-0.1, -0.05) is 23.2 Å². The van der Waals surface area contributed by atoms with Crippen LogP contribution in [0.1, 0.15) is 12.8 Å². The highest BCUT2D eigenvalue weighted by Gasteiger charge is 2.54. The summed E-state index contributed by atoms with van der Waals surface area (Å²) in [4.78, 5) is 50.9. The van der Waals surface area contributed by atoms with Gasteiger partial charge in [-0.15, -0.1) is 35.3 Å². The number of carbonyl (C=O) groups excluding carboxylic acids is 3. The molecule has 2 N–H and O–H groups in total. The van der Waals surface area contributed by atoms with Crippen LogP contribution < -0.4 is 15.0 Å². The molecule has 1 fully saturated rings. The molecule has 0 spiro atoms. The zero-order valence-electron chi connectivity index (χ0n) is 20.3. The fourth-order valence-corrected chi connectivity index (χ4v) is 7.68. The minimum Gasteiger partial charge on any atom is -0.550 e. The SMILES string of the molecule is O=C([O-])CCC[n+]1ccc(SCC2=C(C(=O)O)N3C(=O)[C@@H](NC(=O)CSc4cc(Cl)ccc4Cl)[C@H]3SC2)cc1. The van der Waals surface area contributed by atoms with Gasteiger partial charge in [-0.2, -0.15) is 0 Å². The zero-order valence-corrected chi connectivity index (χ0v) is 24.3. The summed E-state index contributed by atoms with van der Waals surface area (Å²) in [5.41, 5.74) is 0.596. The Morgan fingerprint density at radius 3 is 2.62 bits per heavy atom. The predicted octanol–water partition coefficient (Wildman–Crippen LogP) is 2.43. The molecule has 14 heteroatoms. The van der Waals surface area contributed by atoms with E-state index in [9.17, 15) is 29.4 Å². The third-order valence-electron chi connectivity index (χ3n) is 5.89. The summed E-state index contributed by atoms with van der Waals surface area (Å²) in [5, 5.41) is 23.7. The fraction of sp³-hybridized carbons (Fsp3) is 0.320. The Labute approximate surface area is 247 Å². The van der Waals surface area contributed by atoms with Crippen LogP contribution in [0.2, 0.25) is 10.0 Å². The van der Waals surface area contributed by atoms with Crippen LogP contribution in [0, 0.1) is 0 Å². The summed E-state index contributed by atoms with van der Waals surface area (Å²) in [6, 6.07) is 7.89. The zero-order chi connectivity index (χ0) is 28.1. The number of fused-ring (bicyclic) bond motifs is 1. The Morgan fingerprint density at radius 1 is 1.18 bits per heavy atom. The number of nitrogens with zero attached hydrogens (tertiary/aromatic N) is 2. The smallest absolute Gasteiger partial charge is 0.352 e. The molecule has 2 aromatic rings. The number of hydrogen-bond acceptors (Lipinski definition) is 8. The first-order valence-corrected chi connectivity index (χ1v) is 15.5. The maximum absolute atomic E-state index is 12.9. The average Bonchev–Trinajstić information content (AvgIpc) is 2.90. The highest BCUT2D eigenvalue weighted by atomic mass is 35.5. The first-order chi connectivity index (χ1) is 18.6. The Bertz CT molecular complexity index is 1320. The lowest BCUT2D eigenvalue weighted by atomic mass is 10.0. The standard InChI is InChI=1S/C25H23Cl2N3O6S3/c26-15-3-4-17(27)18(10-15)38-13-19(31)28-21-23(34)30-22(25(35)36)14(12-39-24(21)30)11-37-16-5-8-29(9-6-16)7-1-2-20(32)33/h3-6,8-10,21,24H,1-2,7,11-13H2,(H2-,28,31,32,33,35,36)/t21-,24-/m1/s1. The fourth-order valence-electron chi connectivity index (χ4n) is 4.01. The molecule has 1 saturated heterocycles. The van der Waals surface area contributed by atoms with Crippen molar-refractivity contribution in [1.82, 2.24) is 10.2 Å². The van der Waals surface area contributed by atoms with Crippen molar-refractivity contribution < 1.29 is 34.0 Å². The average molecular weight is 629 g/mol. The maximum Gasteiger partial charge on any atom is 0.352 e. The van der Waals surface area contributed by atoms with Crippen LogP contribution in [-0.4, -0.2) is 62.4 Å². The summed E-state index contributed by atoms with van der Waals surface area (Å²) in [5.74, 6) is -2.25. The van der Waals surface area contributed by atoms with E-state index in [1.807, 2.05) is 29.1 Å². The molecule has 2 amide bonds. The first-order valence-electron chi connectivity index (χ1n) is 11.7. The highest BCUT2D eigenvalue weighted by molar-refractivity contribution is 8.01. The molecular formula is C25H23Cl2N3O6S3. The predicted molar refractivity (Wildman–Crippen MR) is 148 cm³/mol. The number of pyridine rings is 1. The molecule has 2 atom stereocenters. The summed E-state index contributed by atoms with van der Waals surface area (Å²) in [6.45, 7) is 0.549. The van der Waals surface area contributed by atoms with Crippen molar-refractivity contribution in [1.29, 1.82) is 0 Å². The van der Waals surface area contributed by atoms with Gasteiger partial charge in [0.15, 0.2) is 12.4 Å². The lowest BCUT2D eigenvalue weighted by molar-refractivity contribution is -0.697. The van der Waals surface area contributed by atoms with Crippen LogP contribution in [0.25, 0.3) is 0 Å². The lowest BCUT2D eigenvalue weighted by Gasteiger charge is -2.49. The molecule has 0 aliphatic carbocycles. The molecular weight excluding hydrogens is 605 g/mol. The first kappa shape index (κ1) is 29.6. The maximum atomic E-state index is 12.9. The van der Waals surface area contributed by atoms with E-state index in [4.69, 9.17) is 23.2 Å². The van der Waals surface area contributed by atoms with Crippen molar-refractivity contribution in [3.8, 4) is 0 Å². The number of carbonyl (C=O) groups is 4. The molecule has 0 radical (unpaired) electrons. The minimum absolute atomic E-state index is 0.00904. The van der Waals surface area contributed by atoms with E-state index in [-0.39, 0.29) is 23.8 Å². The topological polar surface area (TPSA) is 131 Å². The van der Waals surface area contributed by atoms with Crippen LogP contribution in [0.5, 0.6) is 0 Å². The van der Waals surface area contributed by atoms with Crippen LogP contribution in [-0.2, 0) is 25.7 Å². The number of β-lactam (4-membered cyclic amide) rings is 1. The molecule has 39 heavy (non-hydrogen) atoms. The highest BCUT2D eigenvalue weighted by Crippen LogP contribution is 2.41. The van der Waals surface area contributed by atoms with E-state index in [1.165, 1.54) is 40.2 Å². The second-order valence-electron chi connectivity index (χ2n) is 8.61. The summed E-state index contributed by atoms with van der Waals surface area (Å²) >= 11 is 16.2. The Kier molecular flexibility index (Phi) is 10.1. The van der Waals surface area contributed by atoms with Crippen molar-refractivity contribution in [2.75, 3.05) is 17.3 Å². The minimum atomic E-state index is -1.18. The van der Waals surface area contributed by atoms with E-state index in [0.717, 1.165) is 4.90 Å². The number of carboxylic acid groups (broad SMARTS) is 2. The largest absolute Gasteiger partial charge is 0.550 e. The Balaban J connectivity index is 1.33. The van der Waals surface area contributed by atoms with Crippen LogP contribution in [0.4, 0.5) is 0 Å². The van der Waals surface area contributed by atoms with Crippen molar-refractivity contribution >= 4 is 82.2 Å². The number of amides is 2. The number of benzene rings is 1. The molecule has 206 valence electrons. The second-order valence-corrected chi connectivity index (χ2v) is 12.6. The molecule has 2 aliphatic heterocycles. The van der Waals surface area contributed by atoms with Gasteiger partial charge in [0.1, 0.15) is 23.7 Å². The monoisotopic (exact) mass is 627 g/mol. The van der Waals surface area contributed by atoms with Crippen LogP contribution in [0.3, 0.4) is 0 Å². The van der Waals surface area contributed by atoms with Crippen molar-refractivity contribution in [3.05, 3.63) is 64.0 Å². The van der Waals surface area contributed by atoms with Gasteiger partial charge < -0.3 is 20.3 Å². The van der Waals surface area contributed by atoms with E-state index in [2.05, 4.69) is 5.32 Å². The Hall–Kier alpha value is -2.38. The van der Waals surface area contributed by atoms with E-state index in [1.54, 1.807) is 18.2 Å². The molecule has 1 aromatic carbocycles. The molecule has 0 saturated carbocycles. The van der Waals surface area contributed by atoms with Gasteiger partial charge in [0.25, 0.3) is 5.91 Å². The van der Waals surface area contributed by atoms with Crippen molar-refractivity contribution in [3.63, 3.8) is 0 Å². The van der Waals surface area contributed by atoms with Gasteiger partial charge in [-0.3, -0.25) is 14.5 Å². The van der Waals surface area contributed by atoms with Gasteiger partial charge in [0.05, 0.1) is 10.8 Å². The quantitative estimate of drug-likeness (QED) is 0.207. The number of carboxylic acids is 2. The number of aromatic nitrogens is 1. The number of hydrogen-bond donors (Lipinski definition) is 2. The molecule has 4 rings (SSSR count). The summed E-state index contributed by atoms with van der Waals surface area (Å²) in [7, 11) is 0. The Morgan fingerprint density at radius 2 is 1.92 bits per heavy atom. The van der Waals surface area contributed by atoms with Gasteiger partial charge >= 0.3 is 5.97 Å². The normalized spacial score (nSPS) is 18.4. The van der Waals surface area contributed by atoms with Gasteiger partial charge in [0.2, 0.25) is 5.91 Å². The second kappa shape index (κ2) is 13.3. The number of aryl methyl sites for hydroxylation is 1. The van der Waals surface area contributed by atoms with E-state index >= 15 is 0 Å². The van der Waals surface area contributed by atoms with E-state index in [0.29, 0.717) is 45.0 Å².